The van der Waals surface area contributed by atoms with Gasteiger partial charge >= 0.3 is 0 Å². The SMILES string of the molecule is Cc1ccc(-c2nnn(CC(=O)N(C[C@@H]3CCCO3)[C@H](C(=O)NC[C@H]3CCCO3)c3ccc(C)o3)n2)o1. The first-order chi connectivity index (χ1) is 18.0. The van der Waals surface area contributed by atoms with Crippen molar-refractivity contribution in [1.29, 1.82) is 0 Å². The molecule has 0 aromatic carbocycles. The van der Waals surface area contributed by atoms with Crippen LogP contribution < -0.4 is 5.32 Å². The Bertz CT molecular complexity index is 1210. The van der Waals surface area contributed by atoms with Gasteiger partial charge in [-0.3, -0.25) is 9.59 Å². The Balaban J connectivity index is 1.38. The monoisotopic (exact) mass is 512 g/mol. The summed E-state index contributed by atoms with van der Waals surface area (Å²) in [5.74, 6) is 1.79. The Hall–Kier alpha value is -3.51. The zero-order chi connectivity index (χ0) is 25.8. The second-order valence-corrected chi connectivity index (χ2v) is 9.47. The molecule has 0 saturated carbocycles. The van der Waals surface area contributed by atoms with E-state index in [0.717, 1.165) is 31.4 Å². The van der Waals surface area contributed by atoms with Gasteiger partial charge in [0.2, 0.25) is 11.7 Å². The Kier molecular flexibility index (Phi) is 7.65. The van der Waals surface area contributed by atoms with Crippen molar-refractivity contribution in [2.24, 2.45) is 0 Å². The zero-order valence-electron chi connectivity index (χ0n) is 21.1. The molecule has 0 spiro atoms. The van der Waals surface area contributed by atoms with Crippen LogP contribution in [0.5, 0.6) is 0 Å². The van der Waals surface area contributed by atoms with Crippen molar-refractivity contribution in [2.45, 2.75) is 64.3 Å². The molecule has 3 aromatic rings. The molecule has 0 bridgehead atoms. The fourth-order valence-corrected chi connectivity index (χ4v) is 4.68. The third kappa shape index (κ3) is 6.08. The normalized spacial score (nSPS) is 20.3. The quantitative estimate of drug-likeness (QED) is 0.433. The molecule has 0 radical (unpaired) electrons. The second-order valence-electron chi connectivity index (χ2n) is 9.47. The topological polar surface area (TPSA) is 138 Å². The molecular weight excluding hydrogens is 480 g/mol. The summed E-state index contributed by atoms with van der Waals surface area (Å²) in [5, 5.41) is 15.3. The number of carbonyl (C=O) groups excluding carboxylic acids is 2. The first kappa shape index (κ1) is 25.2. The Morgan fingerprint density at radius 1 is 1.05 bits per heavy atom. The van der Waals surface area contributed by atoms with Gasteiger partial charge in [0, 0.05) is 26.3 Å². The van der Waals surface area contributed by atoms with Crippen LogP contribution in [0.15, 0.2) is 33.1 Å². The molecule has 5 rings (SSSR count). The van der Waals surface area contributed by atoms with Gasteiger partial charge in [0.25, 0.3) is 5.91 Å². The summed E-state index contributed by atoms with van der Waals surface area (Å²) in [6, 6.07) is 6.07. The van der Waals surface area contributed by atoms with E-state index in [1.807, 2.05) is 6.92 Å². The highest BCUT2D eigenvalue weighted by molar-refractivity contribution is 5.88. The molecule has 5 heterocycles. The summed E-state index contributed by atoms with van der Waals surface area (Å²) in [6.07, 6.45) is 3.34. The number of tetrazole rings is 1. The molecule has 12 nitrogen and oxygen atoms in total. The molecule has 2 aliphatic heterocycles. The molecule has 0 aliphatic carbocycles. The minimum absolute atomic E-state index is 0.0340. The van der Waals surface area contributed by atoms with Gasteiger partial charge in [-0.25, -0.2) is 0 Å². The van der Waals surface area contributed by atoms with Crippen molar-refractivity contribution < 1.29 is 27.9 Å². The minimum atomic E-state index is -0.984. The van der Waals surface area contributed by atoms with Crippen molar-refractivity contribution in [3.63, 3.8) is 0 Å². The maximum absolute atomic E-state index is 13.7. The Morgan fingerprint density at radius 3 is 2.43 bits per heavy atom. The smallest absolute Gasteiger partial charge is 0.250 e. The van der Waals surface area contributed by atoms with Crippen molar-refractivity contribution in [2.75, 3.05) is 26.3 Å². The largest absolute Gasteiger partial charge is 0.464 e. The van der Waals surface area contributed by atoms with Crippen LogP contribution in [0.1, 0.15) is 49.0 Å². The molecule has 3 aromatic heterocycles. The second kappa shape index (κ2) is 11.3. The average molecular weight is 513 g/mol. The lowest BCUT2D eigenvalue weighted by Gasteiger charge is -2.31. The van der Waals surface area contributed by atoms with E-state index in [1.54, 1.807) is 31.2 Å². The number of hydrogen-bond acceptors (Lipinski definition) is 9. The molecule has 198 valence electrons. The van der Waals surface area contributed by atoms with Crippen LogP contribution in [0.4, 0.5) is 0 Å². The molecule has 0 unspecified atom stereocenters. The third-order valence-electron chi connectivity index (χ3n) is 6.55. The van der Waals surface area contributed by atoms with E-state index in [0.29, 0.717) is 37.0 Å². The molecule has 2 fully saturated rings. The average Bonchev–Trinajstić information content (AvgIpc) is 3.69. The van der Waals surface area contributed by atoms with Gasteiger partial charge in [-0.2, -0.15) is 4.80 Å². The van der Waals surface area contributed by atoms with Gasteiger partial charge in [-0.05, 0) is 69.0 Å². The van der Waals surface area contributed by atoms with Crippen LogP contribution >= 0.6 is 0 Å². The van der Waals surface area contributed by atoms with Crippen LogP contribution in [-0.2, 0) is 25.6 Å². The predicted molar refractivity (Wildman–Crippen MR) is 129 cm³/mol. The highest BCUT2D eigenvalue weighted by atomic mass is 16.5. The first-order valence-electron chi connectivity index (χ1n) is 12.7. The van der Waals surface area contributed by atoms with Crippen molar-refractivity contribution in [1.82, 2.24) is 30.4 Å². The summed E-state index contributed by atoms with van der Waals surface area (Å²) < 4.78 is 22.9. The lowest BCUT2D eigenvalue weighted by Crippen LogP contribution is -2.48. The van der Waals surface area contributed by atoms with Crippen molar-refractivity contribution >= 4 is 11.8 Å². The van der Waals surface area contributed by atoms with E-state index >= 15 is 0 Å². The van der Waals surface area contributed by atoms with E-state index in [-0.39, 0.29) is 42.9 Å². The van der Waals surface area contributed by atoms with Crippen LogP contribution in [0.25, 0.3) is 11.6 Å². The number of amides is 2. The number of furan rings is 2. The highest BCUT2D eigenvalue weighted by Crippen LogP contribution is 2.27. The Labute approximate surface area is 214 Å². The summed E-state index contributed by atoms with van der Waals surface area (Å²) in [4.78, 5) is 30.0. The summed E-state index contributed by atoms with van der Waals surface area (Å²) in [6.45, 7) is 5.32. The van der Waals surface area contributed by atoms with E-state index in [4.69, 9.17) is 18.3 Å². The van der Waals surface area contributed by atoms with E-state index < -0.39 is 6.04 Å². The zero-order valence-corrected chi connectivity index (χ0v) is 21.1. The van der Waals surface area contributed by atoms with Gasteiger partial charge in [0.05, 0.1) is 12.2 Å². The number of hydrogen-bond donors (Lipinski definition) is 1. The fourth-order valence-electron chi connectivity index (χ4n) is 4.68. The predicted octanol–water partition coefficient (Wildman–Crippen LogP) is 2.19. The lowest BCUT2D eigenvalue weighted by atomic mass is 10.1. The van der Waals surface area contributed by atoms with Crippen molar-refractivity contribution in [3.05, 3.63) is 41.5 Å². The number of nitrogens with zero attached hydrogens (tertiary/aromatic N) is 5. The molecule has 2 saturated heterocycles. The molecule has 3 atom stereocenters. The van der Waals surface area contributed by atoms with Gasteiger partial charge in [-0.15, -0.1) is 10.2 Å². The van der Waals surface area contributed by atoms with Crippen LogP contribution in [-0.4, -0.2) is 75.4 Å². The molecule has 2 amide bonds. The van der Waals surface area contributed by atoms with E-state index in [9.17, 15) is 9.59 Å². The number of carbonyl (C=O) groups is 2. The maximum Gasteiger partial charge on any atom is 0.250 e. The van der Waals surface area contributed by atoms with Crippen LogP contribution in [0, 0.1) is 13.8 Å². The Morgan fingerprint density at radius 2 is 1.78 bits per heavy atom. The first-order valence-corrected chi connectivity index (χ1v) is 12.7. The highest BCUT2D eigenvalue weighted by Gasteiger charge is 2.37. The summed E-state index contributed by atoms with van der Waals surface area (Å²) in [7, 11) is 0. The third-order valence-corrected chi connectivity index (χ3v) is 6.55. The molecule has 37 heavy (non-hydrogen) atoms. The molecule has 1 N–H and O–H groups in total. The number of rotatable bonds is 10. The maximum atomic E-state index is 13.7. The number of ether oxygens (including phenoxy) is 2. The van der Waals surface area contributed by atoms with E-state index in [2.05, 4.69) is 20.7 Å². The summed E-state index contributed by atoms with van der Waals surface area (Å²) >= 11 is 0. The van der Waals surface area contributed by atoms with Crippen molar-refractivity contribution in [3.8, 4) is 11.6 Å². The van der Waals surface area contributed by atoms with E-state index in [1.165, 1.54) is 9.70 Å². The number of aromatic nitrogens is 4. The van der Waals surface area contributed by atoms with Crippen LogP contribution in [0.3, 0.4) is 0 Å². The lowest BCUT2D eigenvalue weighted by molar-refractivity contribution is -0.144. The standard InChI is InChI=1S/C25H32N6O6/c1-16-7-9-20(36-16)23(25(33)26-13-18-5-3-11-34-18)30(14-19-6-4-12-35-19)22(32)15-31-28-24(27-29-31)21-10-8-17(2)37-21/h7-10,18-19,23H,3-6,11-15H2,1-2H3,(H,26,33)/t18-,19+,23+/m1/s1. The summed E-state index contributed by atoms with van der Waals surface area (Å²) in [5.41, 5.74) is 0. The minimum Gasteiger partial charge on any atom is -0.464 e. The number of nitrogens with one attached hydrogen (secondary N) is 1. The van der Waals surface area contributed by atoms with Gasteiger partial charge in [-0.1, -0.05) is 0 Å². The number of aryl methyl sites for hydroxylation is 2. The van der Waals surface area contributed by atoms with Gasteiger partial charge < -0.3 is 28.5 Å². The molecule has 12 heteroatoms. The van der Waals surface area contributed by atoms with Gasteiger partial charge in [0.1, 0.15) is 23.8 Å². The fraction of sp³-hybridized carbons (Fsp3) is 0.560. The van der Waals surface area contributed by atoms with Gasteiger partial charge in [0.15, 0.2) is 11.8 Å². The molecule has 2 aliphatic rings. The van der Waals surface area contributed by atoms with Crippen LogP contribution in [0.2, 0.25) is 0 Å². The molecular formula is C25H32N6O6.